The van der Waals surface area contributed by atoms with Crippen LogP contribution in [-0.2, 0) is 4.79 Å². The third-order valence-electron chi connectivity index (χ3n) is 3.40. The van der Waals surface area contributed by atoms with Gasteiger partial charge in [0.1, 0.15) is 0 Å². The molecule has 0 bridgehead atoms. The van der Waals surface area contributed by atoms with Crippen LogP contribution in [0.25, 0.3) is 0 Å². The van der Waals surface area contributed by atoms with E-state index in [9.17, 15) is 4.79 Å². The largest absolute Gasteiger partial charge is 0.342 e. The molecule has 1 unspecified atom stereocenters. The highest BCUT2D eigenvalue weighted by molar-refractivity contribution is 5.78. The highest BCUT2D eigenvalue weighted by atomic mass is 16.2. The molecule has 100 valence electrons. The third-order valence-corrected chi connectivity index (χ3v) is 3.40. The number of hydrogen-bond donors (Lipinski definition) is 1. The Morgan fingerprint density at radius 2 is 2.00 bits per heavy atom. The molecule has 1 saturated heterocycles. The minimum absolute atomic E-state index is 0.284. The molecule has 1 rings (SSSR count). The lowest BCUT2D eigenvalue weighted by atomic mass is 10.1. The summed E-state index contributed by atoms with van der Waals surface area (Å²) in [5.74, 6) is 0.875. The van der Waals surface area contributed by atoms with Crippen molar-refractivity contribution in [3.05, 3.63) is 0 Å². The van der Waals surface area contributed by atoms with E-state index in [1.54, 1.807) is 0 Å². The summed E-state index contributed by atoms with van der Waals surface area (Å²) in [6.07, 6.45) is 3.22. The summed E-state index contributed by atoms with van der Waals surface area (Å²) in [5, 5.41) is 0. The van der Waals surface area contributed by atoms with Gasteiger partial charge in [0.25, 0.3) is 0 Å². The molecule has 0 aromatic heterocycles. The summed E-state index contributed by atoms with van der Waals surface area (Å²) < 4.78 is 0. The average Bonchev–Trinajstić information content (AvgIpc) is 2.76. The van der Waals surface area contributed by atoms with Crippen molar-refractivity contribution in [1.82, 2.24) is 9.80 Å². The van der Waals surface area contributed by atoms with Gasteiger partial charge in [0.15, 0.2) is 0 Å². The Labute approximate surface area is 105 Å². The molecule has 1 aliphatic rings. The van der Waals surface area contributed by atoms with Crippen LogP contribution in [0, 0.1) is 5.92 Å². The maximum Gasteiger partial charge on any atom is 0.236 e. The molecule has 1 amide bonds. The average molecular weight is 241 g/mol. The van der Waals surface area contributed by atoms with Crippen molar-refractivity contribution in [2.45, 2.75) is 33.1 Å². The van der Waals surface area contributed by atoms with Crippen molar-refractivity contribution in [3.63, 3.8) is 0 Å². The number of likely N-dealkylation sites (tertiary alicyclic amines) is 1. The van der Waals surface area contributed by atoms with E-state index in [1.807, 2.05) is 4.90 Å². The summed E-state index contributed by atoms with van der Waals surface area (Å²) in [4.78, 5) is 16.4. The number of carbonyl (C=O) groups excluding carboxylic acids is 1. The van der Waals surface area contributed by atoms with Gasteiger partial charge in [-0.05, 0) is 38.3 Å². The fraction of sp³-hybridized carbons (Fsp3) is 0.923. The second-order valence-electron chi connectivity index (χ2n) is 5.01. The lowest BCUT2D eigenvalue weighted by Gasteiger charge is -2.24. The highest BCUT2D eigenvalue weighted by Gasteiger charge is 2.24. The molecule has 0 aromatic rings. The maximum atomic E-state index is 12.1. The minimum atomic E-state index is 0.284. The van der Waals surface area contributed by atoms with E-state index in [0.717, 1.165) is 52.0 Å². The number of amides is 1. The van der Waals surface area contributed by atoms with E-state index >= 15 is 0 Å². The van der Waals surface area contributed by atoms with Gasteiger partial charge in [-0.25, -0.2) is 0 Å². The van der Waals surface area contributed by atoms with E-state index in [4.69, 9.17) is 5.73 Å². The van der Waals surface area contributed by atoms with Gasteiger partial charge in [0.05, 0.1) is 6.54 Å². The first-order valence-electron chi connectivity index (χ1n) is 6.91. The smallest absolute Gasteiger partial charge is 0.236 e. The zero-order chi connectivity index (χ0) is 12.7. The van der Waals surface area contributed by atoms with Crippen LogP contribution in [0.2, 0.25) is 0 Å². The molecule has 17 heavy (non-hydrogen) atoms. The summed E-state index contributed by atoms with van der Waals surface area (Å²) in [5.41, 5.74) is 5.66. The summed E-state index contributed by atoms with van der Waals surface area (Å²) >= 11 is 0. The quantitative estimate of drug-likeness (QED) is 0.721. The van der Waals surface area contributed by atoms with Crippen molar-refractivity contribution >= 4 is 5.91 Å². The van der Waals surface area contributed by atoms with Crippen molar-refractivity contribution in [2.24, 2.45) is 11.7 Å². The fourth-order valence-corrected chi connectivity index (χ4v) is 2.44. The lowest BCUT2D eigenvalue weighted by molar-refractivity contribution is -0.132. The molecule has 0 saturated carbocycles. The van der Waals surface area contributed by atoms with E-state index in [0.29, 0.717) is 12.5 Å². The lowest BCUT2D eigenvalue weighted by Crippen LogP contribution is -2.40. The first-order chi connectivity index (χ1) is 8.21. The van der Waals surface area contributed by atoms with Crippen LogP contribution in [0.15, 0.2) is 0 Å². The molecule has 0 radical (unpaired) electrons. The third kappa shape index (κ3) is 4.64. The molecular formula is C13H27N3O. The Morgan fingerprint density at radius 1 is 1.35 bits per heavy atom. The summed E-state index contributed by atoms with van der Waals surface area (Å²) in [7, 11) is 0. The zero-order valence-electron chi connectivity index (χ0n) is 11.3. The Morgan fingerprint density at radius 3 is 2.47 bits per heavy atom. The Balaban J connectivity index is 2.36. The van der Waals surface area contributed by atoms with E-state index < -0.39 is 0 Å². The molecule has 1 fully saturated rings. The van der Waals surface area contributed by atoms with Crippen LogP contribution in [-0.4, -0.2) is 55.0 Å². The van der Waals surface area contributed by atoms with Gasteiger partial charge < -0.3 is 10.6 Å². The van der Waals surface area contributed by atoms with Crippen molar-refractivity contribution in [1.29, 1.82) is 0 Å². The monoisotopic (exact) mass is 241 g/mol. The molecular weight excluding hydrogens is 214 g/mol. The van der Waals surface area contributed by atoms with Crippen LogP contribution in [0.4, 0.5) is 0 Å². The minimum Gasteiger partial charge on any atom is -0.342 e. The SMILES string of the molecule is CCCN(CCC)C(=O)CN1CCC(CN)C1. The number of carbonyl (C=O) groups is 1. The molecule has 4 heteroatoms. The van der Waals surface area contributed by atoms with E-state index in [-0.39, 0.29) is 5.91 Å². The highest BCUT2D eigenvalue weighted by Crippen LogP contribution is 2.14. The van der Waals surface area contributed by atoms with Crippen LogP contribution in [0.1, 0.15) is 33.1 Å². The topological polar surface area (TPSA) is 49.6 Å². The predicted molar refractivity (Wildman–Crippen MR) is 70.8 cm³/mol. The molecule has 2 N–H and O–H groups in total. The van der Waals surface area contributed by atoms with Crippen molar-refractivity contribution in [2.75, 3.05) is 39.3 Å². The fourth-order valence-electron chi connectivity index (χ4n) is 2.44. The Kier molecular flexibility index (Phi) is 6.52. The van der Waals surface area contributed by atoms with E-state index in [1.165, 1.54) is 0 Å². The van der Waals surface area contributed by atoms with Gasteiger partial charge in [0, 0.05) is 19.6 Å². The van der Waals surface area contributed by atoms with Gasteiger partial charge in [-0.3, -0.25) is 9.69 Å². The van der Waals surface area contributed by atoms with Crippen molar-refractivity contribution < 1.29 is 4.79 Å². The van der Waals surface area contributed by atoms with Crippen molar-refractivity contribution in [3.8, 4) is 0 Å². The zero-order valence-corrected chi connectivity index (χ0v) is 11.3. The van der Waals surface area contributed by atoms with Gasteiger partial charge >= 0.3 is 0 Å². The number of nitrogens with zero attached hydrogens (tertiary/aromatic N) is 2. The molecule has 0 aliphatic carbocycles. The molecule has 0 spiro atoms. The summed E-state index contributed by atoms with van der Waals surface area (Å²) in [6, 6.07) is 0. The molecule has 1 atom stereocenters. The molecule has 0 aromatic carbocycles. The van der Waals surface area contributed by atoms with Crippen LogP contribution in [0.5, 0.6) is 0 Å². The van der Waals surface area contributed by atoms with E-state index in [2.05, 4.69) is 18.7 Å². The van der Waals surface area contributed by atoms with Gasteiger partial charge in [-0.15, -0.1) is 0 Å². The Hall–Kier alpha value is -0.610. The maximum absolute atomic E-state index is 12.1. The first-order valence-corrected chi connectivity index (χ1v) is 6.91. The van der Waals surface area contributed by atoms with Crippen LogP contribution >= 0.6 is 0 Å². The van der Waals surface area contributed by atoms with Gasteiger partial charge in [-0.2, -0.15) is 0 Å². The number of hydrogen-bond acceptors (Lipinski definition) is 3. The molecule has 4 nitrogen and oxygen atoms in total. The van der Waals surface area contributed by atoms with Crippen LogP contribution < -0.4 is 5.73 Å². The number of rotatable bonds is 7. The predicted octanol–water partition coefficient (Wildman–Crippen LogP) is 0.916. The molecule has 1 heterocycles. The van der Waals surface area contributed by atoms with Gasteiger partial charge in [0.2, 0.25) is 5.91 Å². The standard InChI is InChI=1S/C13H27N3O/c1-3-6-16(7-4-2)13(17)11-15-8-5-12(9-14)10-15/h12H,3-11,14H2,1-2H3. The second-order valence-corrected chi connectivity index (χ2v) is 5.01. The van der Waals surface area contributed by atoms with Gasteiger partial charge in [-0.1, -0.05) is 13.8 Å². The number of nitrogens with two attached hydrogens (primary N) is 1. The van der Waals surface area contributed by atoms with Crippen LogP contribution in [0.3, 0.4) is 0 Å². The second kappa shape index (κ2) is 7.67. The first kappa shape index (κ1) is 14.5. The normalized spacial score (nSPS) is 20.8. The summed E-state index contributed by atoms with van der Waals surface area (Å²) in [6.45, 7) is 9.37. The molecule has 1 aliphatic heterocycles. The Bertz CT molecular complexity index is 227.